The number of benzene rings is 1. The summed E-state index contributed by atoms with van der Waals surface area (Å²) >= 11 is 2.10. The number of nitrogens with one attached hydrogen (secondary N) is 1. The van der Waals surface area contributed by atoms with Gasteiger partial charge in [-0.05, 0) is 30.7 Å². The van der Waals surface area contributed by atoms with E-state index in [1.165, 1.54) is 12.0 Å². The third kappa shape index (κ3) is 3.94. The van der Waals surface area contributed by atoms with Crippen LogP contribution in [0.2, 0.25) is 0 Å². The van der Waals surface area contributed by atoms with Crippen molar-refractivity contribution in [1.29, 1.82) is 0 Å². The van der Waals surface area contributed by atoms with Gasteiger partial charge in [0.15, 0.2) is 9.35 Å². The summed E-state index contributed by atoms with van der Waals surface area (Å²) in [5.74, 6) is 1.37. The van der Waals surface area contributed by atoms with Crippen molar-refractivity contribution in [2.24, 2.45) is 5.92 Å². The molecule has 1 fully saturated rings. The highest BCUT2D eigenvalue weighted by Gasteiger charge is 2.31. The van der Waals surface area contributed by atoms with Crippen LogP contribution in [-0.4, -0.2) is 32.8 Å². The molecule has 142 valence electrons. The van der Waals surface area contributed by atoms with Crippen LogP contribution in [0.4, 0.5) is 0 Å². The molecule has 4 rings (SSSR count). The van der Waals surface area contributed by atoms with Gasteiger partial charge in [-0.15, -0.1) is 0 Å². The molecule has 1 N–H and O–H groups in total. The molecule has 1 aromatic carbocycles. The van der Waals surface area contributed by atoms with Crippen LogP contribution in [0.3, 0.4) is 0 Å². The molecule has 1 saturated carbocycles. The molecule has 3 aromatic rings. The zero-order valence-electron chi connectivity index (χ0n) is 15.3. The van der Waals surface area contributed by atoms with Crippen LogP contribution in [0.15, 0.2) is 41.3 Å². The van der Waals surface area contributed by atoms with E-state index in [1.54, 1.807) is 17.8 Å². The molecular formula is C20H23IN4O2. The van der Waals surface area contributed by atoms with Gasteiger partial charge in [-0.2, -0.15) is 5.10 Å². The maximum absolute atomic E-state index is 12.4. The van der Waals surface area contributed by atoms with E-state index < -0.39 is 0 Å². The maximum Gasteiger partial charge on any atom is 0.276 e. The van der Waals surface area contributed by atoms with E-state index in [0.29, 0.717) is 21.1 Å². The minimum atomic E-state index is -0.143. The number of aromatic amines is 1. The lowest BCUT2D eigenvalue weighted by Gasteiger charge is -2.25. The van der Waals surface area contributed by atoms with Gasteiger partial charge >= 0.3 is 0 Å². The average molecular weight is 478 g/mol. The summed E-state index contributed by atoms with van der Waals surface area (Å²) in [5.41, 5.74) is 1.71. The van der Waals surface area contributed by atoms with Crippen LogP contribution >= 0.6 is 22.6 Å². The Labute approximate surface area is 171 Å². The lowest BCUT2D eigenvalue weighted by Crippen LogP contribution is -2.27. The average Bonchev–Trinajstić information content (AvgIpc) is 2.93. The third-order valence-corrected chi connectivity index (χ3v) is 6.28. The number of rotatable bonds is 4. The smallest absolute Gasteiger partial charge is 0.276 e. The Morgan fingerprint density at radius 1 is 1.30 bits per heavy atom. The first kappa shape index (κ1) is 18.6. The highest BCUT2D eigenvalue weighted by Crippen LogP contribution is 2.35. The summed E-state index contributed by atoms with van der Waals surface area (Å²) in [5, 5.41) is 4.68. The van der Waals surface area contributed by atoms with Gasteiger partial charge in [-0.3, -0.25) is 4.79 Å². The normalized spacial score (nSPS) is 23.4. The van der Waals surface area contributed by atoms with E-state index in [1.807, 2.05) is 0 Å². The molecule has 2 aromatic heterocycles. The molecule has 0 amide bonds. The van der Waals surface area contributed by atoms with Crippen molar-refractivity contribution in [2.45, 2.75) is 44.1 Å². The van der Waals surface area contributed by atoms with Gasteiger partial charge in [0.1, 0.15) is 5.82 Å². The molecule has 6 nitrogen and oxygen atoms in total. The number of aromatic nitrogens is 4. The molecule has 2 heterocycles. The zero-order valence-corrected chi connectivity index (χ0v) is 17.4. The lowest BCUT2D eigenvalue weighted by atomic mass is 9.90. The first-order valence-corrected chi connectivity index (χ1v) is 10.4. The summed E-state index contributed by atoms with van der Waals surface area (Å²) in [6.45, 7) is 0. The van der Waals surface area contributed by atoms with E-state index in [-0.39, 0.29) is 17.6 Å². The van der Waals surface area contributed by atoms with Crippen LogP contribution in [0.5, 0.6) is 0 Å². The van der Waals surface area contributed by atoms with Crippen molar-refractivity contribution in [3.63, 3.8) is 0 Å². The minimum Gasteiger partial charge on any atom is -0.381 e. The number of imidazole rings is 1. The van der Waals surface area contributed by atoms with Gasteiger partial charge in [0.2, 0.25) is 0 Å². The monoisotopic (exact) mass is 478 g/mol. The molecule has 1 aliphatic rings. The summed E-state index contributed by atoms with van der Waals surface area (Å²) in [6, 6.07) is 10.6. The van der Waals surface area contributed by atoms with Gasteiger partial charge in [0, 0.05) is 35.6 Å². The van der Waals surface area contributed by atoms with E-state index in [4.69, 9.17) is 4.74 Å². The number of H-pyrrole nitrogens is 1. The predicted molar refractivity (Wildman–Crippen MR) is 112 cm³/mol. The van der Waals surface area contributed by atoms with E-state index in [2.05, 4.69) is 68.0 Å². The van der Waals surface area contributed by atoms with Crippen molar-refractivity contribution in [3.8, 4) is 0 Å². The van der Waals surface area contributed by atoms with Crippen molar-refractivity contribution in [3.05, 3.63) is 62.1 Å². The SMILES string of the molecule is COC1CC(Cc2ccccc2)CCCC1c1nn2c(I)ncc2c(=O)[nH]1. The molecule has 0 spiro atoms. The third-order valence-electron chi connectivity index (χ3n) is 5.54. The molecule has 1 aliphatic carbocycles. The predicted octanol–water partition coefficient (Wildman–Crippen LogP) is 3.55. The molecule has 7 heteroatoms. The van der Waals surface area contributed by atoms with Crippen molar-refractivity contribution in [2.75, 3.05) is 7.11 Å². The molecule has 3 atom stereocenters. The topological polar surface area (TPSA) is 72.3 Å². The Morgan fingerprint density at radius 3 is 2.89 bits per heavy atom. The van der Waals surface area contributed by atoms with Gasteiger partial charge in [0.25, 0.3) is 5.56 Å². The van der Waals surface area contributed by atoms with E-state index in [9.17, 15) is 4.79 Å². The number of ether oxygens (including phenoxy) is 1. The van der Waals surface area contributed by atoms with Gasteiger partial charge < -0.3 is 9.72 Å². The van der Waals surface area contributed by atoms with Gasteiger partial charge in [0.05, 0.1) is 12.3 Å². The molecule has 0 saturated heterocycles. The summed E-state index contributed by atoms with van der Waals surface area (Å²) in [6.07, 6.45) is 6.88. The Morgan fingerprint density at radius 2 is 2.11 bits per heavy atom. The highest BCUT2D eigenvalue weighted by molar-refractivity contribution is 14.1. The Hall–Kier alpha value is -1.74. The second-order valence-corrected chi connectivity index (χ2v) is 8.23. The fourth-order valence-electron chi connectivity index (χ4n) is 4.18. The summed E-state index contributed by atoms with van der Waals surface area (Å²) < 4.78 is 8.21. The highest BCUT2D eigenvalue weighted by atomic mass is 127. The van der Waals surface area contributed by atoms with Crippen LogP contribution in [-0.2, 0) is 11.2 Å². The Bertz CT molecular complexity index is 969. The van der Waals surface area contributed by atoms with Crippen molar-refractivity contribution >= 4 is 28.1 Å². The largest absolute Gasteiger partial charge is 0.381 e. The first-order chi connectivity index (χ1) is 13.2. The molecule has 0 radical (unpaired) electrons. The number of nitrogens with zero attached hydrogens (tertiary/aromatic N) is 3. The minimum absolute atomic E-state index is 0.0444. The van der Waals surface area contributed by atoms with Gasteiger partial charge in [-0.1, -0.05) is 43.2 Å². The molecule has 27 heavy (non-hydrogen) atoms. The first-order valence-electron chi connectivity index (χ1n) is 9.36. The fraction of sp³-hybridized carbons (Fsp3) is 0.450. The summed E-state index contributed by atoms with van der Waals surface area (Å²) in [4.78, 5) is 19.6. The van der Waals surface area contributed by atoms with Crippen molar-refractivity contribution < 1.29 is 4.74 Å². The van der Waals surface area contributed by atoms with E-state index >= 15 is 0 Å². The lowest BCUT2D eigenvalue weighted by molar-refractivity contribution is 0.0605. The van der Waals surface area contributed by atoms with Crippen molar-refractivity contribution in [1.82, 2.24) is 19.6 Å². The van der Waals surface area contributed by atoms with Crippen LogP contribution in [0, 0.1) is 9.75 Å². The van der Waals surface area contributed by atoms with Crippen LogP contribution < -0.4 is 5.56 Å². The summed E-state index contributed by atoms with van der Waals surface area (Å²) in [7, 11) is 1.76. The van der Waals surface area contributed by atoms with Gasteiger partial charge in [-0.25, -0.2) is 9.50 Å². The van der Waals surface area contributed by atoms with Crippen LogP contribution in [0.1, 0.15) is 43.0 Å². The van der Waals surface area contributed by atoms with E-state index in [0.717, 1.165) is 25.7 Å². The second-order valence-electron chi connectivity index (χ2n) is 7.27. The quantitative estimate of drug-likeness (QED) is 0.460. The zero-order chi connectivity index (χ0) is 18.8. The Kier molecular flexibility index (Phi) is 5.58. The standard InChI is InChI=1S/C20H23IN4O2/c1-27-17-11-14(10-13-6-3-2-4-7-13)8-5-9-15(17)18-23-19(26)16-12-22-20(21)25(16)24-18/h2-4,6-7,12,14-15,17H,5,8-11H2,1H3,(H,23,24,26). The number of halogens is 1. The fourth-order valence-corrected chi connectivity index (χ4v) is 4.69. The molecule has 3 unspecified atom stereocenters. The maximum atomic E-state index is 12.4. The number of hydrogen-bond acceptors (Lipinski definition) is 4. The number of hydrogen-bond donors (Lipinski definition) is 1. The molecule has 0 aliphatic heterocycles. The second kappa shape index (κ2) is 8.10. The Balaban J connectivity index is 1.60. The molecule has 0 bridgehead atoms. The number of methoxy groups -OCH3 is 1. The number of fused-ring (bicyclic) bond motifs is 1. The van der Waals surface area contributed by atoms with Crippen LogP contribution in [0.25, 0.3) is 5.52 Å². The molecular weight excluding hydrogens is 455 g/mol.